The first-order chi connectivity index (χ1) is 5.70. The lowest BCUT2D eigenvalue weighted by molar-refractivity contribution is -0.126. The van der Waals surface area contributed by atoms with E-state index in [4.69, 9.17) is 4.74 Å². The smallest absolute Gasteiger partial charge is 0.239 e. The molecule has 0 aromatic carbocycles. The lowest BCUT2D eigenvalue weighted by atomic mass is 10.2. The number of nitrogens with one attached hydrogen (secondary N) is 2. The van der Waals surface area contributed by atoms with Crippen molar-refractivity contribution in [2.45, 2.75) is 25.9 Å². The van der Waals surface area contributed by atoms with E-state index in [0.29, 0.717) is 13.2 Å². The van der Waals surface area contributed by atoms with E-state index in [9.17, 15) is 4.79 Å². The SMILES string of the molecule is CC(C)NC(=O)[C@H]1COCCN1.Cl. The number of carbonyl (C=O) groups is 1. The molecule has 0 aromatic rings. The lowest BCUT2D eigenvalue weighted by Gasteiger charge is -2.23. The van der Waals surface area contributed by atoms with Crippen LogP contribution in [-0.4, -0.2) is 37.7 Å². The highest BCUT2D eigenvalue weighted by atomic mass is 35.5. The molecule has 0 aliphatic carbocycles. The van der Waals surface area contributed by atoms with E-state index in [0.717, 1.165) is 6.54 Å². The molecule has 5 heteroatoms. The minimum absolute atomic E-state index is 0. The van der Waals surface area contributed by atoms with Gasteiger partial charge in [-0.25, -0.2) is 0 Å². The number of amides is 1. The summed E-state index contributed by atoms with van der Waals surface area (Å²) in [7, 11) is 0. The Balaban J connectivity index is 0.00000144. The van der Waals surface area contributed by atoms with E-state index in [-0.39, 0.29) is 30.4 Å². The first-order valence-corrected chi connectivity index (χ1v) is 4.31. The van der Waals surface area contributed by atoms with Gasteiger partial charge in [-0.3, -0.25) is 4.79 Å². The van der Waals surface area contributed by atoms with E-state index in [1.165, 1.54) is 0 Å². The van der Waals surface area contributed by atoms with Crippen molar-refractivity contribution in [1.29, 1.82) is 0 Å². The van der Waals surface area contributed by atoms with Gasteiger partial charge in [-0.15, -0.1) is 12.4 Å². The van der Waals surface area contributed by atoms with Crippen LogP contribution in [0.15, 0.2) is 0 Å². The Morgan fingerprint density at radius 3 is 2.77 bits per heavy atom. The Hall–Kier alpha value is -0.320. The summed E-state index contributed by atoms with van der Waals surface area (Å²) in [5.74, 6) is 0.0321. The first kappa shape index (κ1) is 12.7. The molecule has 0 unspecified atom stereocenters. The third-order valence-corrected chi connectivity index (χ3v) is 1.67. The van der Waals surface area contributed by atoms with Crippen LogP contribution < -0.4 is 10.6 Å². The van der Waals surface area contributed by atoms with Gasteiger partial charge in [0.25, 0.3) is 0 Å². The molecule has 0 bridgehead atoms. The third kappa shape index (κ3) is 4.45. The molecule has 1 atom stereocenters. The molecular weight excluding hydrogens is 192 g/mol. The molecule has 0 spiro atoms. The van der Waals surface area contributed by atoms with Gasteiger partial charge >= 0.3 is 0 Å². The molecule has 1 aliphatic rings. The molecule has 1 rings (SSSR count). The minimum Gasteiger partial charge on any atom is -0.378 e. The highest BCUT2D eigenvalue weighted by Gasteiger charge is 2.20. The molecule has 4 nitrogen and oxygen atoms in total. The molecule has 1 saturated heterocycles. The predicted molar refractivity (Wildman–Crippen MR) is 53.1 cm³/mol. The zero-order chi connectivity index (χ0) is 8.97. The summed E-state index contributed by atoms with van der Waals surface area (Å²) < 4.78 is 5.16. The van der Waals surface area contributed by atoms with Gasteiger partial charge in [-0.1, -0.05) is 0 Å². The van der Waals surface area contributed by atoms with Gasteiger partial charge in [0.15, 0.2) is 0 Å². The van der Waals surface area contributed by atoms with Gasteiger partial charge in [0, 0.05) is 12.6 Å². The molecule has 1 fully saturated rings. The molecular formula is C8H17ClN2O2. The summed E-state index contributed by atoms with van der Waals surface area (Å²) in [5, 5.41) is 5.92. The topological polar surface area (TPSA) is 50.4 Å². The van der Waals surface area contributed by atoms with Gasteiger partial charge in [-0.2, -0.15) is 0 Å². The van der Waals surface area contributed by atoms with Crippen LogP contribution in [0.4, 0.5) is 0 Å². The maximum atomic E-state index is 11.4. The summed E-state index contributed by atoms with van der Waals surface area (Å²) in [6.45, 7) is 5.84. The molecule has 0 saturated carbocycles. The molecule has 78 valence electrons. The monoisotopic (exact) mass is 208 g/mol. The Morgan fingerprint density at radius 1 is 1.62 bits per heavy atom. The van der Waals surface area contributed by atoms with E-state index in [1.54, 1.807) is 0 Å². The van der Waals surface area contributed by atoms with Crippen LogP contribution in [0.3, 0.4) is 0 Å². The molecule has 1 heterocycles. The maximum Gasteiger partial charge on any atom is 0.239 e. The lowest BCUT2D eigenvalue weighted by Crippen LogP contribution is -2.52. The number of carbonyl (C=O) groups excluding carboxylic acids is 1. The number of rotatable bonds is 2. The van der Waals surface area contributed by atoms with Crippen molar-refractivity contribution >= 4 is 18.3 Å². The fourth-order valence-corrected chi connectivity index (χ4v) is 1.12. The number of morpholine rings is 1. The van der Waals surface area contributed by atoms with Gasteiger partial charge < -0.3 is 15.4 Å². The number of hydrogen-bond acceptors (Lipinski definition) is 3. The largest absolute Gasteiger partial charge is 0.378 e. The van der Waals surface area contributed by atoms with Crippen LogP contribution >= 0.6 is 12.4 Å². The van der Waals surface area contributed by atoms with Crippen molar-refractivity contribution in [3.63, 3.8) is 0 Å². The van der Waals surface area contributed by atoms with Crippen LogP contribution in [0.1, 0.15) is 13.8 Å². The van der Waals surface area contributed by atoms with Crippen LogP contribution in [-0.2, 0) is 9.53 Å². The van der Waals surface area contributed by atoms with Crippen molar-refractivity contribution in [2.75, 3.05) is 19.8 Å². The molecule has 1 amide bonds. The van der Waals surface area contributed by atoms with Crippen molar-refractivity contribution in [3.05, 3.63) is 0 Å². The number of ether oxygens (including phenoxy) is 1. The van der Waals surface area contributed by atoms with Crippen LogP contribution in [0.25, 0.3) is 0 Å². The third-order valence-electron chi connectivity index (χ3n) is 1.67. The molecule has 13 heavy (non-hydrogen) atoms. The standard InChI is InChI=1S/C8H16N2O2.ClH/c1-6(2)10-8(11)7-5-12-4-3-9-7;/h6-7,9H,3-5H2,1-2H3,(H,10,11);1H/t7-;/m1./s1. The predicted octanol–water partition coefficient (Wildman–Crippen LogP) is -0.0788. The number of halogens is 1. The second-order valence-electron chi connectivity index (χ2n) is 3.24. The summed E-state index contributed by atoms with van der Waals surface area (Å²) >= 11 is 0. The van der Waals surface area contributed by atoms with E-state index in [1.807, 2.05) is 13.8 Å². The quantitative estimate of drug-likeness (QED) is 0.668. The summed E-state index contributed by atoms with van der Waals surface area (Å²) in [4.78, 5) is 11.4. The average Bonchev–Trinajstić information content (AvgIpc) is 2.05. The van der Waals surface area contributed by atoms with Gasteiger partial charge in [0.2, 0.25) is 5.91 Å². The Labute approximate surface area is 84.8 Å². The molecule has 0 aromatic heterocycles. The summed E-state index contributed by atoms with van der Waals surface area (Å²) in [6.07, 6.45) is 0. The van der Waals surface area contributed by atoms with Crippen molar-refractivity contribution in [1.82, 2.24) is 10.6 Å². The summed E-state index contributed by atoms with van der Waals surface area (Å²) in [6, 6.07) is 0.0300. The van der Waals surface area contributed by atoms with Crippen molar-refractivity contribution in [2.24, 2.45) is 0 Å². The summed E-state index contributed by atoms with van der Waals surface area (Å²) in [5.41, 5.74) is 0. The maximum absolute atomic E-state index is 11.4. The zero-order valence-corrected chi connectivity index (χ0v) is 8.82. The minimum atomic E-state index is -0.166. The van der Waals surface area contributed by atoms with Crippen molar-refractivity contribution < 1.29 is 9.53 Å². The van der Waals surface area contributed by atoms with Gasteiger partial charge in [-0.05, 0) is 13.8 Å². The second kappa shape index (κ2) is 6.18. The highest BCUT2D eigenvalue weighted by Crippen LogP contribution is 1.93. The van der Waals surface area contributed by atoms with Crippen molar-refractivity contribution in [3.8, 4) is 0 Å². The Kier molecular flexibility index (Phi) is 6.03. The van der Waals surface area contributed by atoms with Gasteiger partial charge in [0.1, 0.15) is 6.04 Å². The average molecular weight is 209 g/mol. The van der Waals surface area contributed by atoms with Gasteiger partial charge in [0.05, 0.1) is 13.2 Å². The fourth-order valence-electron chi connectivity index (χ4n) is 1.12. The second-order valence-corrected chi connectivity index (χ2v) is 3.24. The van der Waals surface area contributed by atoms with Crippen LogP contribution in [0.5, 0.6) is 0 Å². The molecule has 1 aliphatic heterocycles. The highest BCUT2D eigenvalue weighted by molar-refractivity contribution is 5.85. The molecule has 0 radical (unpaired) electrons. The Bertz CT molecular complexity index is 158. The fraction of sp³-hybridized carbons (Fsp3) is 0.875. The van der Waals surface area contributed by atoms with Crippen LogP contribution in [0, 0.1) is 0 Å². The van der Waals surface area contributed by atoms with Crippen LogP contribution in [0.2, 0.25) is 0 Å². The van der Waals surface area contributed by atoms with E-state index < -0.39 is 0 Å². The van der Waals surface area contributed by atoms with E-state index in [2.05, 4.69) is 10.6 Å². The first-order valence-electron chi connectivity index (χ1n) is 4.31. The van der Waals surface area contributed by atoms with E-state index >= 15 is 0 Å². The number of hydrogen-bond donors (Lipinski definition) is 2. The normalized spacial score (nSPS) is 22.2. The Morgan fingerprint density at radius 2 is 2.31 bits per heavy atom. The molecule has 2 N–H and O–H groups in total. The zero-order valence-electron chi connectivity index (χ0n) is 8.00.